The third kappa shape index (κ3) is 4.12. The Morgan fingerprint density at radius 2 is 2.16 bits per heavy atom. The van der Waals surface area contributed by atoms with Gasteiger partial charge in [-0.05, 0) is 19.1 Å². The Bertz CT molecular complexity index is 881. The van der Waals surface area contributed by atoms with Crippen LogP contribution in [-0.2, 0) is 17.2 Å². The van der Waals surface area contributed by atoms with Gasteiger partial charge in [0.15, 0.2) is 5.69 Å². The van der Waals surface area contributed by atoms with E-state index >= 15 is 0 Å². The molecule has 0 fully saturated rings. The second-order valence-electron chi connectivity index (χ2n) is 4.80. The number of thioether (sulfide) groups is 1. The molecule has 11 heteroatoms. The molecule has 0 radical (unpaired) electrons. The van der Waals surface area contributed by atoms with E-state index < -0.39 is 5.97 Å². The number of hydrogen-bond acceptors (Lipinski definition) is 8. The second kappa shape index (κ2) is 7.75. The number of hydrogen-bond donors (Lipinski definition) is 0. The molecule has 0 aliphatic rings. The van der Waals surface area contributed by atoms with Crippen molar-refractivity contribution < 1.29 is 9.53 Å². The van der Waals surface area contributed by atoms with Crippen molar-refractivity contribution >= 4 is 23.9 Å². The van der Waals surface area contributed by atoms with Crippen LogP contribution in [0.2, 0.25) is 0 Å². The Hall–Kier alpha value is -2.95. The Morgan fingerprint density at radius 3 is 2.92 bits per heavy atom. The highest BCUT2D eigenvalue weighted by Gasteiger charge is 2.10. The lowest BCUT2D eigenvalue weighted by Crippen LogP contribution is -2.04. The van der Waals surface area contributed by atoms with E-state index in [1.165, 1.54) is 25.2 Å². The van der Waals surface area contributed by atoms with Crippen LogP contribution in [0, 0.1) is 0 Å². The van der Waals surface area contributed by atoms with Crippen molar-refractivity contribution in [3.8, 4) is 0 Å². The molecule has 0 unspecified atom stereocenters. The number of aryl methyl sites for hydroxylation is 1. The van der Waals surface area contributed by atoms with Gasteiger partial charge in [-0.3, -0.25) is 9.36 Å². The molecule has 130 valence electrons. The predicted octanol–water partition coefficient (Wildman–Crippen LogP) is 1.11. The molecule has 0 N–H and O–H groups in total. The van der Waals surface area contributed by atoms with E-state index in [1.54, 1.807) is 27.8 Å². The lowest BCUT2D eigenvalue weighted by Gasteiger charge is -2.01. The highest BCUT2D eigenvalue weighted by molar-refractivity contribution is 7.98. The number of aromatic nitrogens is 7. The summed E-state index contributed by atoms with van der Waals surface area (Å²) >= 11 is 1.38. The zero-order valence-electron chi connectivity index (χ0n) is 13.7. The Morgan fingerprint density at radius 1 is 1.32 bits per heavy atom. The van der Waals surface area contributed by atoms with Crippen LogP contribution in [0.25, 0.3) is 0 Å². The fraction of sp³-hybridized carbons (Fsp3) is 0.286. The van der Waals surface area contributed by atoms with Crippen LogP contribution in [0.15, 0.2) is 41.1 Å². The molecule has 0 bridgehead atoms. The summed E-state index contributed by atoms with van der Waals surface area (Å²) in [5, 5.41) is 21.3. The molecule has 0 aliphatic heterocycles. The van der Waals surface area contributed by atoms with Crippen LogP contribution < -0.4 is 0 Å². The molecule has 0 aromatic carbocycles. The van der Waals surface area contributed by atoms with Crippen LogP contribution >= 0.6 is 11.8 Å². The van der Waals surface area contributed by atoms with Gasteiger partial charge in [-0.15, -0.1) is 10.2 Å². The highest BCUT2D eigenvalue weighted by Crippen LogP contribution is 2.16. The molecule has 0 amide bonds. The molecule has 0 atom stereocenters. The zero-order chi connectivity index (χ0) is 17.6. The van der Waals surface area contributed by atoms with Crippen LogP contribution in [-0.4, -0.2) is 53.7 Å². The minimum atomic E-state index is -0.469. The molecule has 3 aromatic rings. The van der Waals surface area contributed by atoms with Gasteiger partial charge >= 0.3 is 5.97 Å². The zero-order valence-corrected chi connectivity index (χ0v) is 14.5. The van der Waals surface area contributed by atoms with Crippen LogP contribution in [0.4, 0.5) is 0 Å². The largest absolute Gasteiger partial charge is 0.464 e. The summed E-state index contributed by atoms with van der Waals surface area (Å²) in [6, 6.07) is 3.47. The number of nitrogens with zero attached hydrogens (tertiary/aromatic N) is 8. The van der Waals surface area contributed by atoms with Crippen molar-refractivity contribution in [2.45, 2.75) is 24.5 Å². The van der Waals surface area contributed by atoms with Gasteiger partial charge in [0, 0.05) is 18.9 Å². The van der Waals surface area contributed by atoms with Gasteiger partial charge in [-0.25, -0.2) is 4.79 Å². The van der Waals surface area contributed by atoms with Gasteiger partial charge in [0.25, 0.3) is 0 Å². The number of carbonyl (C=O) groups is 1. The van der Waals surface area contributed by atoms with Crippen molar-refractivity contribution in [1.82, 2.24) is 34.4 Å². The lowest BCUT2D eigenvalue weighted by molar-refractivity contribution is 0.0593. The molecule has 3 aromatic heterocycles. The van der Waals surface area contributed by atoms with Crippen LogP contribution in [0.3, 0.4) is 0 Å². The van der Waals surface area contributed by atoms with Crippen molar-refractivity contribution in [2.75, 3.05) is 7.11 Å². The van der Waals surface area contributed by atoms with E-state index in [2.05, 4.69) is 30.2 Å². The highest BCUT2D eigenvalue weighted by atomic mass is 32.2. The van der Waals surface area contributed by atoms with E-state index in [1.807, 2.05) is 23.9 Å². The maximum absolute atomic E-state index is 11.4. The Kier molecular flexibility index (Phi) is 5.23. The molecule has 0 aliphatic carbocycles. The maximum atomic E-state index is 11.4. The quantitative estimate of drug-likeness (QED) is 0.353. The molecular weight excluding hydrogens is 344 g/mol. The van der Waals surface area contributed by atoms with Crippen molar-refractivity contribution in [3.63, 3.8) is 0 Å². The first-order chi connectivity index (χ1) is 12.2. The molecule has 25 heavy (non-hydrogen) atoms. The first kappa shape index (κ1) is 16.9. The fourth-order valence-corrected chi connectivity index (χ4v) is 2.63. The summed E-state index contributed by atoms with van der Waals surface area (Å²) in [4.78, 5) is 11.4. The maximum Gasteiger partial charge on any atom is 0.358 e. The number of methoxy groups -OCH3 is 1. The number of ether oxygens (including phenoxy) is 1. The number of carbonyl (C=O) groups excluding carboxylic acids is 1. The summed E-state index contributed by atoms with van der Waals surface area (Å²) in [7, 11) is 1.32. The molecule has 0 spiro atoms. The monoisotopic (exact) mass is 360 g/mol. The summed E-state index contributed by atoms with van der Waals surface area (Å²) in [5.41, 5.74) is 1.01. The van der Waals surface area contributed by atoms with Crippen LogP contribution in [0.1, 0.15) is 23.1 Å². The number of esters is 1. The van der Waals surface area contributed by atoms with Crippen molar-refractivity contribution in [3.05, 3.63) is 42.2 Å². The van der Waals surface area contributed by atoms with Crippen molar-refractivity contribution in [1.29, 1.82) is 0 Å². The van der Waals surface area contributed by atoms with Gasteiger partial charge in [0.2, 0.25) is 5.16 Å². The molecule has 10 nitrogen and oxygen atoms in total. The molecular formula is C14H16N8O2S. The van der Waals surface area contributed by atoms with Gasteiger partial charge in [-0.1, -0.05) is 11.8 Å². The lowest BCUT2D eigenvalue weighted by atomic mass is 10.4. The molecule has 0 saturated heterocycles. The normalized spacial score (nSPS) is 11.3. The van der Waals surface area contributed by atoms with Gasteiger partial charge < -0.3 is 4.74 Å². The van der Waals surface area contributed by atoms with E-state index in [0.717, 1.165) is 12.2 Å². The number of rotatable bonds is 7. The average Bonchev–Trinajstić information content (AvgIpc) is 3.37. The minimum absolute atomic E-state index is 0.258. The summed E-state index contributed by atoms with van der Waals surface area (Å²) in [5.74, 6) is -0.0154. The summed E-state index contributed by atoms with van der Waals surface area (Å²) in [6.45, 7) is 2.82. The second-order valence-corrected chi connectivity index (χ2v) is 5.72. The van der Waals surface area contributed by atoms with Gasteiger partial charge in [-0.2, -0.15) is 20.0 Å². The van der Waals surface area contributed by atoms with E-state index in [0.29, 0.717) is 11.0 Å². The summed E-state index contributed by atoms with van der Waals surface area (Å²) < 4.78 is 9.62. The van der Waals surface area contributed by atoms with Crippen LogP contribution in [0.5, 0.6) is 0 Å². The molecule has 3 heterocycles. The van der Waals surface area contributed by atoms with Crippen molar-refractivity contribution in [2.24, 2.45) is 5.10 Å². The van der Waals surface area contributed by atoms with Gasteiger partial charge in [0.1, 0.15) is 12.0 Å². The smallest absolute Gasteiger partial charge is 0.358 e. The van der Waals surface area contributed by atoms with E-state index in [-0.39, 0.29) is 5.69 Å². The van der Waals surface area contributed by atoms with E-state index in [4.69, 9.17) is 0 Å². The third-order valence-electron chi connectivity index (χ3n) is 3.16. The molecule has 0 saturated carbocycles. The summed E-state index contributed by atoms with van der Waals surface area (Å²) in [6.07, 6.45) is 6.74. The first-order valence-electron chi connectivity index (χ1n) is 7.42. The first-order valence-corrected chi connectivity index (χ1v) is 8.40. The fourth-order valence-electron chi connectivity index (χ4n) is 1.91. The van der Waals surface area contributed by atoms with E-state index in [9.17, 15) is 4.79 Å². The van der Waals surface area contributed by atoms with Gasteiger partial charge in [0.05, 0.1) is 19.2 Å². The third-order valence-corrected chi connectivity index (χ3v) is 4.08. The average molecular weight is 360 g/mol. The topological polar surface area (TPSA) is 105 Å². The Balaban J connectivity index is 1.63. The standard InChI is InChI=1S/C14H16N8O2S/c1-3-20-6-4-11(18-20)8-16-22-9-15-17-14(22)25-10-21-7-5-12(19-21)13(23)24-2/h4-9H,3,10H2,1-2H3/b16-8-. The Labute approximate surface area is 147 Å². The predicted molar refractivity (Wildman–Crippen MR) is 90.3 cm³/mol. The minimum Gasteiger partial charge on any atom is -0.464 e. The SMILES string of the molecule is CCn1ccc(/C=N\n2cnnc2SCn2ccc(C(=O)OC)n2)n1. The molecule has 3 rings (SSSR count).